The third-order valence-electron chi connectivity index (χ3n) is 4.17. The van der Waals surface area contributed by atoms with Crippen molar-refractivity contribution in [1.82, 2.24) is 4.90 Å². The monoisotopic (exact) mass is 275 g/mol. The van der Waals surface area contributed by atoms with E-state index in [1.54, 1.807) is 0 Å². The van der Waals surface area contributed by atoms with Crippen LogP contribution in [-0.2, 0) is 0 Å². The van der Waals surface area contributed by atoms with Gasteiger partial charge in [0, 0.05) is 24.6 Å². The summed E-state index contributed by atoms with van der Waals surface area (Å²) in [4.78, 5) is 14.4. The minimum Gasteiger partial charge on any atom is -0.395 e. The third kappa shape index (κ3) is 4.43. The van der Waals surface area contributed by atoms with Gasteiger partial charge >= 0.3 is 0 Å². The molecule has 0 spiro atoms. The molecular formula is C17H25NO2. The van der Waals surface area contributed by atoms with Crippen molar-refractivity contribution in [2.45, 2.75) is 44.6 Å². The molecule has 0 unspecified atom stereocenters. The first-order chi connectivity index (χ1) is 9.81. The van der Waals surface area contributed by atoms with Crippen LogP contribution in [0, 0.1) is 0 Å². The van der Waals surface area contributed by atoms with Crippen LogP contribution >= 0.6 is 0 Å². The number of aliphatic hydroxyl groups is 1. The van der Waals surface area contributed by atoms with Gasteiger partial charge in [0.05, 0.1) is 6.61 Å². The van der Waals surface area contributed by atoms with Gasteiger partial charge in [0.2, 0.25) is 0 Å². The van der Waals surface area contributed by atoms with Crippen LogP contribution in [-0.4, -0.2) is 41.5 Å². The molecule has 0 heterocycles. The summed E-state index contributed by atoms with van der Waals surface area (Å²) in [5.74, 6) is 0.223. The lowest BCUT2D eigenvalue weighted by molar-refractivity contribution is 0.0965. The van der Waals surface area contributed by atoms with Crippen molar-refractivity contribution in [3.8, 4) is 0 Å². The highest BCUT2D eigenvalue weighted by Crippen LogP contribution is 2.23. The fourth-order valence-corrected chi connectivity index (χ4v) is 3.09. The number of nitrogens with zero attached hydrogens (tertiary/aromatic N) is 1. The highest BCUT2D eigenvalue weighted by Gasteiger charge is 2.21. The lowest BCUT2D eigenvalue weighted by atomic mass is 10.1. The summed E-state index contributed by atoms with van der Waals surface area (Å²) in [5.41, 5.74) is 0.807. The highest BCUT2D eigenvalue weighted by atomic mass is 16.3. The predicted molar refractivity (Wildman–Crippen MR) is 80.9 cm³/mol. The van der Waals surface area contributed by atoms with E-state index < -0.39 is 0 Å². The average Bonchev–Trinajstić information content (AvgIpc) is 3.01. The van der Waals surface area contributed by atoms with Crippen LogP contribution < -0.4 is 0 Å². The van der Waals surface area contributed by atoms with Crippen LogP contribution in [0.1, 0.15) is 48.9 Å². The van der Waals surface area contributed by atoms with Gasteiger partial charge in [-0.2, -0.15) is 0 Å². The second-order valence-electron chi connectivity index (χ2n) is 5.59. The quantitative estimate of drug-likeness (QED) is 0.742. The van der Waals surface area contributed by atoms with Crippen LogP contribution in [0.2, 0.25) is 0 Å². The van der Waals surface area contributed by atoms with Crippen LogP contribution in [0.4, 0.5) is 0 Å². The van der Waals surface area contributed by atoms with Crippen molar-refractivity contribution in [2.24, 2.45) is 0 Å². The smallest absolute Gasteiger partial charge is 0.162 e. The summed E-state index contributed by atoms with van der Waals surface area (Å²) in [6.07, 6.45) is 6.56. The van der Waals surface area contributed by atoms with Gasteiger partial charge in [0.15, 0.2) is 5.78 Å². The van der Waals surface area contributed by atoms with Gasteiger partial charge in [0.1, 0.15) is 0 Å². The number of aliphatic hydroxyl groups excluding tert-OH is 1. The van der Waals surface area contributed by atoms with E-state index in [2.05, 4.69) is 4.90 Å². The standard InChI is InChI=1S/C17H25NO2/c19-14-13-18(16-9-4-5-10-16)12-6-11-17(20)15-7-2-1-3-8-15/h1-3,7-8,16,19H,4-6,9-14H2. The van der Waals surface area contributed by atoms with Gasteiger partial charge in [-0.1, -0.05) is 43.2 Å². The lowest BCUT2D eigenvalue weighted by Crippen LogP contribution is -2.36. The van der Waals surface area contributed by atoms with Crippen LogP contribution in [0.3, 0.4) is 0 Å². The van der Waals surface area contributed by atoms with E-state index in [1.807, 2.05) is 30.3 Å². The Balaban J connectivity index is 1.76. The Labute approximate surface area is 121 Å². The molecule has 1 aliphatic carbocycles. The van der Waals surface area contributed by atoms with Crippen molar-refractivity contribution in [3.05, 3.63) is 35.9 Å². The SMILES string of the molecule is O=C(CCCN(CCO)C1CCCC1)c1ccccc1. The molecule has 1 aromatic carbocycles. The summed E-state index contributed by atoms with van der Waals surface area (Å²) in [6.45, 7) is 1.87. The van der Waals surface area contributed by atoms with Crippen molar-refractivity contribution in [1.29, 1.82) is 0 Å². The van der Waals surface area contributed by atoms with E-state index in [0.29, 0.717) is 12.5 Å². The van der Waals surface area contributed by atoms with Crippen LogP contribution in [0.25, 0.3) is 0 Å². The molecule has 0 aliphatic heterocycles. The summed E-state index contributed by atoms with van der Waals surface area (Å²) in [5, 5.41) is 9.17. The van der Waals surface area contributed by atoms with Crippen molar-refractivity contribution >= 4 is 5.78 Å². The maximum Gasteiger partial charge on any atom is 0.162 e. The van der Waals surface area contributed by atoms with E-state index in [4.69, 9.17) is 0 Å². The molecule has 0 radical (unpaired) electrons. The molecule has 1 fully saturated rings. The van der Waals surface area contributed by atoms with E-state index in [1.165, 1.54) is 25.7 Å². The molecule has 3 nitrogen and oxygen atoms in total. The number of carbonyl (C=O) groups excluding carboxylic acids is 1. The van der Waals surface area contributed by atoms with Crippen molar-refractivity contribution in [2.75, 3.05) is 19.7 Å². The maximum absolute atomic E-state index is 12.0. The molecule has 20 heavy (non-hydrogen) atoms. The Bertz CT molecular complexity index is 399. The number of rotatable bonds is 8. The molecule has 1 N–H and O–H groups in total. The van der Waals surface area contributed by atoms with E-state index in [0.717, 1.165) is 25.1 Å². The topological polar surface area (TPSA) is 40.5 Å². The number of benzene rings is 1. The summed E-state index contributed by atoms with van der Waals surface area (Å²) < 4.78 is 0. The van der Waals surface area contributed by atoms with Crippen molar-refractivity contribution in [3.63, 3.8) is 0 Å². The molecule has 1 saturated carbocycles. The third-order valence-corrected chi connectivity index (χ3v) is 4.17. The van der Waals surface area contributed by atoms with Gasteiger partial charge < -0.3 is 5.11 Å². The first kappa shape index (κ1) is 15.2. The second-order valence-corrected chi connectivity index (χ2v) is 5.59. The normalized spacial score (nSPS) is 15.9. The fourth-order valence-electron chi connectivity index (χ4n) is 3.09. The lowest BCUT2D eigenvalue weighted by Gasteiger charge is -2.27. The van der Waals surface area contributed by atoms with Crippen LogP contribution in [0.5, 0.6) is 0 Å². The summed E-state index contributed by atoms with van der Waals surface area (Å²) in [6, 6.07) is 10.1. The zero-order valence-corrected chi connectivity index (χ0v) is 12.1. The second kappa shape index (κ2) is 8.18. The first-order valence-electron chi connectivity index (χ1n) is 7.74. The number of Topliss-reactive ketones (excluding diaryl/α,β-unsaturated/α-hetero) is 1. The molecule has 2 rings (SSSR count). The zero-order valence-electron chi connectivity index (χ0n) is 12.1. The van der Waals surface area contributed by atoms with Gasteiger partial charge in [-0.3, -0.25) is 9.69 Å². The fraction of sp³-hybridized carbons (Fsp3) is 0.588. The van der Waals surface area contributed by atoms with E-state index in [9.17, 15) is 9.90 Å². The molecule has 0 amide bonds. The maximum atomic E-state index is 12.0. The number of carbonyl (C=O) groups is 1. The number of hydrogen-bond donors (Lipinski definition) is 1. The Morgan fingerprint density at radius 3 is 2.50 bits per heavy atom. The van der Waals surface area contributed by atoms with E-state index >= 15 is 0 Å². The van der Waals surface area contributed by atoms with Crippen LogP contribution in [0.15, 0.2) is 30.3 Å². The number of ketones is 1. The van der Waals surface area contributed by atoms with Gasteiger partial charge in [-0.05, 0) is 25.8 Å². The van der Waals surface area contributed by atoms with Crippen molar-refractivity contribution < 1.29 is 9.90 Å². The first-order valence-corrected chi connectivity index (χ1v) is 7.74. The minimum atomic E-state index is 0.211. The minimum absolute atomic E-state index is 0.211. The molecular weight excluding hydrogens is 250 g/mol. The Morgan fingerprint density at radius 1 is 1.15 bits per heavy atom. The molecule has 0 bridgehead atoms. The largest absolute Gasteiger partial charge is 0.395 e. The molecule has 0 aromatic heterocycles. The van der Waals surface area contributed by atoms with Gasteiger partial charge in [-0.25, -0.2) is 0 Å². The molecule has 110 valence electrons. The average molecular weight is 275 g/mol. The van der Waals surface area contributed by atoms with Gasteiger partial charge in [-0.15, -0.1) is 0 Å². The summed E-state index contributed by atoms with van der Waals surface area (Å²) >= 11 is 0. The van der Waals surface area contributed by atoms with Gasteiger partial charge in [0.25, 0.3) is 0 Å². The Morgan fingerprint density at radius 2 is 1.85 bits per heavy atom. The van der Waals surface area contributed by atoms with E-state index in [-0.39, 0.29) is 12.4 Å². The zero-order chi connectivity index (χ0) is 14.2. The molecule has 1 aliphatic rings. The number of hydrogen-bond acceptors (Lipinski definition) is 3. The molecule has 0 atom stereocenters. The molecule has 1 aromatic rings. The predicted octanol–water partition coefficient (Wildman–Crippen LogP) is 2.89. The highest BCUT2D eigenvalue weighted by molar-refractivity contribution is 5.95. The summed E-state index contributed by atoms with van der Waals surface area (Å²) in [7, 11) is 0. The Hall–Kier alpha value is -1.19. The molecule has 0 saturated heterocycles. The Kier molecular flexibility index (Phi) is 6.22. The molecule has 3 heteroatoms.